The number of unbranched alkanes of at least 4 members (excludes halogenated alkanes) is 3. The SMILES string of the molecule is C=CCN(C(=O)[C@H]1N(CCCCCCO)C(=O)[C@@H]2[C@@H](C(=O)O)[C@@H]3O[C@@]21CC3Br)C(C)(C)C. The quantitative estimate of drug-likeness (QED) is 0.263. The van der Waals surface area contributed by atoms with Crippen molar-refractivity contribution in [3.8, 4) is 0 Å². The van der Waals surface area contributed by atoms with Crippen molar-refractivity contribution in [1.29, 1.82) is 0 Å². The number of alkyl halides is 1. The molecular formula is C23H35BrN2O6. The zero-order chi connectivity index (χ0) is 23.8. The number of nitrogens with zero attached hydrogens (tertiary/aromatic N) is 2. The molecule has 2 bridgehead atoms. The van der Waals surface area contributed by atoms with E-state index in [2.05, 4.69) is 22.5 Å². The van der Waals surface area contributed by atoms with Crippen LogP contribution in [0, 0.1) is 11.8 Å². The van der Waals surface area contributed by atoms with E-state index in [1.54, 1.807) is 15.9 Å². The van der Waals surface area contributed by atoms with E-state index in [0.29, 0.717) is 32.4 Å². The van der Waals surface area contributed by atoms with Gasteiger partial charge in [0.25, 0.3) is 0 Å². The van der Waals surface area contributed by atoms with Crippen molar-refractivity contribution in [3.05, 3.63) is 12.7 Å². The van der Waals surface area contributed by atoms with Crippen LogP contribution in [0.3, 0.4) is 0 Å². The Bertz CT molecular complexity index is 768. The molecule has 0 aromatic heterocycles. The van der Waals surface area contributed by atoms with E-state index in [-0.39, 0.29) is 23.2 Å². The smallest absolute Gasteiger partial charge is 0.310 e. The molecule has 0 aromatic rings. The zero-order valence-electron chi connectivity index (χ0n) is 19.1. The molecule has 6 atom stereocenters. The fraction of sp³-hybridized carbons (Fsp3) is 0.783. The Morgan fingerprint density at radius 3 is 2.53 bits per heavy atom. The minimum Gasteiger partial charge on any atom is -0.481 e. The number of ether oxygens (including phenoxy) is 1. The lowest BCUT2D eigenvalue weighted by atomic mass is 9.70. The highest BCUT2D eigenvalue weighted by atomic mass is 79.9. The number of halogens is 1. The van der Waals surface area contributed by atoms with Gasteiger partial charge in [-0.3, -0.25) is 14.4 Å². The fourth-order valence-electron chi connectivity index (χ4n) is 5.65. The number of hydrogen-bond acceptors (Lipinski definition) is 5. The number of aliphatic hydroxyl groups is 1. The molecule has 1 unspecified atom stereocenters. The van der Waals surface area contributed by atoms with Crippen LogP contribution in [0.1, 0.15) is 52.9 Å². The van der Waals surface area contributed by atoms with Crippen molar-refractivity contribution in [1.82, 2.24) is 9.80 Å². The molecule has 3 rings (SSSR count). The lowest BCUT2D eigenvalue weighted by molar-refractivity contribution is -0.152. The Labute approximate surface area is 198 Å². The number of aliphatic carboxylic acids is 1. The number of carboxylic acid groups (broad SMARTS) is 1. The average molecular weight is 515 g/mol. The van der Waals surface area contributed by atoms with Crippen LogP contribution in [-0.2, 0) is 19.1 Å². The van der Waals surface area contributed by atoms with E-state index in [1.165, 1.54) is 0 Å². The first-order valence-corrected chi connectivity index (χ1v) is 12.3. The summed E-state index contributed by atoms with van der Waals surface area (Å²) in [4.78, 5) is 42.8. The summed E-state index contributed by atoms with van der Waals surface area (Å²) in [6, 6.07) is -0.869. The van der Waals surface area contributed by atoms with Crippen LogP contribution in [0.2, 0.25) is 0 Å². The zero-order valence-corrected chi connectivity index (χ0v) is 20.7. The third-order valence-electron chi connectivity index (χ3n) is 7.00. The van der Waals surface area contributed by atoms with E-state index in [4.69, 9.17) is 9.84 Å². The molecule has 0 aromatic carbocycles. The largest absolute Gasteiger partial charge is 0.481 e. The summed E-state index contributed by atoms with van der Waals surface area (Å²) in [7, 11) is 0. The van der Waals surface area contributed by atoms with Gasteiger partial charge in [0.05, 0.1) is 17.9 Å². The molecule has 9 heteroatoms. The second kappa shape index (κ2) is 9.43. The highest BCUT2D eigenvalue weighted by Crippen LogP contribution is 2.60. The van der Waals surface area contributed by atoms with E-state index < -0.39 is 41.1 Å². The highest BCUT2D eigenvalue weighted by Gasteiger charge is 2.76. The molecule has 1 spiro atoms. The number of hydrogen-bond donors (Lipinski definition) is 2. The van der Waals surface area contributed by atoms with Crippen LogP contribution in [0.15, 0.2) is 12.7 Å². The fourth-order valence-corrected chi connectivity index (χ4v) is 6.59. The van der Waals surface area contributed by atoms with Gasteiger partial charge in [-0.2, -0.15) is 0 Å². The number of carbonyl (C=O) groups excluding carboxylic acids is 2. The summed E-state index contributed by atoms with van der Waals surface area (Å²) >= 11 is 3.56. The molecule has 2 amide bonds. The van der Waals surface area contributed by atoms with Crippen LogP contribution in [0.4, 0.5) is 0 Å². The number of fused-ring (bicyclic) bond motifs is 1. The van der Waals surface area contributed by atoms with E-state index >= 15 is 0 Å². The molecule has 0 radical (unpaired) electrons. The Morgan fingerprint density at radius 1 is 1.31 bits per heavy atom. The van der Waals surface area contributed by atoms with Gasteiger partial charge in [0, 0.05) is 30.1 Å². The van der Waals surface area contributed by atoms with Crippen molar-refractivity contribution in [3.63, 3.8) is 0 Å². The number of rotatable bonds is 10. The molecule has 180 valence electrons. The molecule has 8 nitrogen and oxygen atoms in total. The second-order valence-corrected chi connectivity index (χ2v) is 11.3. The molecule has 32 heavy (non-hydrogen) atoms. The molecule has 3 fully saturated rings. The molecule has 3 aliphatic heterocycles. The summed E-state index contributed by atoms with van der Waals surface area (Å²) in [5.74, 6) is -3.43. The first-order chi connectivity index (χ1) is 15.0. The number of carboxylic acids is 1. The maximum Gasteiger partial charge on any atom is 0.310 e. The first-order valence-electron chi connectivity index (χ1n) is 11.4. The van der Waals surface area contributed by atoms with Crippen molar-refractivity contribution in [2.75, 3.05) is 19.7 Å². The van der Waals surface area contributed by atoms with E-state index in [9.17, 15) is 19.5 Å². The van der Waals surface area contributed by atoms with Gasteiger partial charge >= 0.3 is 5.97 Å². The Hall–Kier alpha value is -1.45. The summed E-state index contributed by atoms with van der Waals surface area (Å²) < 4.78 is 6.29. The molecular weight excluding hydrogens is 480 g/mol. The highest BCUT2D eigenvalue weighted by molar-refractivity contribution is 9.09. The topological polar surface area (TPSA) is 107 Å². The Balaban J connectivity index is 1.99. The average Bonchev–Trinajstić information content (AvgIpc) is 3.28. The van der Waals surface area contributed by atoms with E-state index in [0.717, 1.165) is 12.8 Å². The number of likely N-dealkylation sites (tertiary alicyclic amines) is 1. The lowest BCUT2D eigenvalue weighted by Gasteiger charge is -2.42. The van der Waals surface area contributed by atoms with Crippen LogP contribution in [0.5, 0.6) is 0 Å². The van der Waals surface area contributed by atoms with Crippen molar-refractivity contribution in [2.24, 2.45) is 11.8 Å². The van der Waals surface area contributed by atoms with Gasteiger partial charge in [0.1, 0.15) is 11.6 Å². The number of carbonyl (C=O) groups is 3. The van der Waals surface area contributed by atoms with Crippen molar-refractivity contribution >= 4 is 33.7 Å². The van der Waals surface area contributed by atoms with Gasteiger partial charge in [-0.15, -0.1) is 6.58 Å². The van der Waals surface area contributed by atoms with Crippen LogP contribution < -0.4 is 0 Å². The molecule has 2 N–H and O–H groups in total. The Morgan fingerprint density at radius 2 is 1.97 bits per heavy atom. The van der Waals surface area contributed by atoms with Gasteiger partial charge in [-0.1, -0.05) is 34.8 Å². The van der Waals surface area contributed by atoms with Crippen LogP contribution in [-0.4, -0.2) is 85.6 Å². The van der Waals surface area contributed by atoms with Gasteiger partial charge in [-0.05, 0) is 40.0 Å². The third kappa shape index (κ3) is 4.12. The molecule has 0 saturated carbocycles. The van der Waals surface area contributed by atoms with Crippen molar-refractivity contribution < 1.29 is 29.3 Å². The standard InChI is InChI=1S/C23H35BrN2O6/c1-5-10-26(22(2,3)4)20(29)18-23-13-14(24)17(32-23)15(21(30)31)16(23)19(28)25(18)11-8-6-7-9-12-27/h5,14-18,27H,1,6-13H2,2-4H3,(H,30,31)/t14?,15-,16+,17-,18-,23+/m1/s1. The summed E-state index contributed by atoms with van der Waals surface area (Å²) in [5, 5.41) is 18.9. The maximum atomic E-state index is 14.0. The van der Waals surface area contributed by atoms with Crippen LogP contribution >= 0.6 is 15.9 Å². The monoisotopic (exact) mass is 514 g/mol. The predicted molar refractivity (Wildman–Crippen MR) is 122 cm³/mol. The normalized spacial score (nSPS) is 33.5. The number of amides is 2. The van der Waals surface area contributed by atoms with Gasteiger partial charge in [0.2, 0.25) is 11.8 Å². The maximum absolute atomic E-state index is 14.0. The van der Waals surface area contributed by atoms with Crippen molar-refractivity contribution in [2.45, 2.75) is 81.0 Å². The van der Waals surface area contributed by atoms with Crippen LogP contribution in [0.25, 0.3) is 0 Å². The van der Waals surface area contributed by atoms with Gasteiger partial charge in [0.15, 0.2) is 0 Å². The minimum atomic E-state index is -1.15. The Kier molecular flexibility index (Phi) is 7.42. The molecule has 3 saturated heterocycles. The summed E-state index contributed by atoms with van der Waals surface area (Å²) in [6.07, 6.45) is 4.45. The minimum absolute atomic E-state index is 0.124. The third-order valence-corrected chi connectivity index (χ3v) is 7.85. The predicted octanol–water partition coefficient (Wildman–Crippen LogP) is 2.18. The molecule has 3 heterocycles. The van der Waals surface area contributed by atoms with Gasteiger partial charge < -0.3 is 24.7 Å². The second-order valence-electron chi connectivity index (χ2n) is 10.1. The van der Waals surface area contributed by atoms with E-state index in [1.807, 2.05) is 20.8 Å². The summed E-state index contributed by atoms with van der Waals surface area (Å²) in [6.45, 7) is 10.4. The lowest BCUT2D eigenvalue weighted by Crippen LogP contribution is -2.60. The molecule has 0 aliphatic carbocycles. The number of aliphatic hydroxyl groups excluding tert-OH is 1. The van der Waals surface area contributed by atoms with Gasteiger partial charge in [-0.25, -0.2) is 0 Å². The summed E-state index contributed by atoms with van der Waals surface area (Å²) in [5.41, 5.74) is -1.65. The first kappa shape index (κ1) is 25.2. The molecule has 3 aliphatic rings.